The average molecular weight is 755 g/mol. The second-order valence-corrected chi connectivity index (χ2v) is 16.3. The van der Waals surface area contributed by atoms with Crippen molar-refractivity contribution in [1.29, 1.82) is 5.26 Å². The molecule has 2 saturated heterocycles. The molecule has 4 bridgehead atoms. The van der Waals surface area contributed by atoms with Crippen molar-refractivity contribution in [1.82, 2.24) is 15.1 Å². The summed E-state index contributed by atoms with van der Waals surface area (Å²) in [7, 11) is 3.54. The predicted molar refractivity (Wildman–Crippen MR) is 196 cm³/mol. The highest BCUT2D eigenvalue weighted by Crippen LogP contribution is 2.64. The van der Waals surface area contributed by atoms with Crippen LogP contribution in [0.3, 0.4) is 0 Å². The number of carbonyl (C=O) groups excluding carboxylic acids is 2. The van der Waals surface area contributed by atoms with Gasteiger partial charge < -0.3 is 33.9 Å². The number of aryl methyl sites for hydroxylation is 2. The summed E-state index contributed by atoms with van der Waals surface area (Å²) >= 11 is 1.51. The number of hydrogen-bond donors (Lipinski definition) is 3. The lowest BCUT2D eigenvalue weighted by molar-refractivity contribution is -0.157. The van der Waals surface area contributed by atoms with E-state index < -0.39 is 46.9 Å². The molecular formula is C40H42N4O9S. The number of phenolic OH excluding ortho intramolecular Hbond substituents is 2. The van der Waals surface area contributed by atoms with Crippen molar-refractivity contribution in [3.05, 3.63) is 68.3 Å². The Morgan fingerprint density at radius 1 is 1.06 bits per heavy atom. The summed E-state index contributed by atoms with van der Waals surface area (Å²) in [6, 6.07) is 5.65. The molecule has 54 heavy (non-hydrogen) atoms. The summed E-state index contributed by atoms with van der Waals surface area (Å²) in [6.45, 7) is 7.19. The maximum Gasteiger partial charge on any atom is 0.331 e. The first-order valence-electron chi connectivity index (χ1n) is 18.2. The van der Waals surface area contributed by atoms with E-state index in [1.165, 1.54) is 18.7 Å². The third-order valence-electron chi connectivity index (χ3n) is 12.5. The Morgan fingerprint density at radius 2 is 1.83 bits per heavy atom. The average Bonchev–Trinajstić information content (AvgIpc) is 3.63. The molecule has 2 unspecified atom stereocenters. The van der Waals surface area contributed by atoms with Crippen LogP contribution in [0.4, 0.5) is 0 Å². The first kappa shape index (κ1) is 35.0. The van der Waals surface area contributed by atoms with Crippen LogP contribution in [0.15, 0.2) is 18.2 Å². The van der Waals surface area contributed by atoms with Crippen LogP contribution in [0.2, 0.25) is 0 Å². The Hall–Kier alpha value is -4.68. The summed E-state index contributed by atoms with van der Waals surface area (Å²) in [5, 5.41) is 36.8. The highest BCUT2D eigenvalue weighted by atomic mass is 32.2. The smallest absolute Gasteiger partial charge is 0.331 e. The molecule has 0 aliphatic carbocycles. The fourth-order valence-corrected chi connectivity index (χ4v) is 11.8. The van der Waals surface area contributed by atoms with Gasteiger partial charge in [-0.25, -0.2) is 4.79 Å². The van der Waals surface area contributed by atoms with Crippen LogP contribution in [0.25, 0.3) is 0 Å². The molecule has 3 aromatic rings. The molecule has 7 aliphatic heterocycles. The van der Waals surface area contributed by atoms with Gasteiger partial charge in [-0.2, -0.15) is 5.26 Å². The fraction of sp³-hybridized carbons (Fsp3) is 0.475. The minimum absolute atomic E-state index is 0.0496. The molecule has 1 spiro atoms. The number of aromatic hydroxyl groups is 2. The van der Waals surface area contributed by atoms with E-state index in [2.05, 4.69) is 27.3 Å². The van der Waals surface area contributed by atoms with Crippen LogP contribution < -0.4 is 24.3 Å². The summed E-state index contributed by atoms with van der Waals surface area (Å²) in [4.78, 5) is 32.0. The van der Waals surface area contributed by atoms with Gasteiger partial charge in [-0.05, 0) is 80.6 Å². The van der Waals surface area contributed by atoms with E-state index in [1.54, 1.807) is 13.2 Å². The van der Waals surface area contributed by atoms with E-state index in [1.807, 2.05) is 33.9 Å². The van der Waals surface area contributed by atoms with E-state index in [0.29, 0.717) is 64.6 Å². The molecular weight excluding hydrogens is 713 g/mol. The second-order valence-electron chi connectivity index (χ2n) is 15.2. The summed E-state index contributed by atoms with van der Waals surface area (Å²) < 4.78 is 30.6. The Morgan fingerprint density at radius 3 is 2.57 bits per heavy atom. The first-order valence-corrected chi connectivity index (χ1v) is 19.3. The van der Waals surface area contributed by atoms with Crippen molar-refractivity contribution in [3.63, 3.8) is 0 Å². The van der Waals surface area contributed by atoms with E-state index in [0.717, 1.165) is 27.8 Å². The number of fused-ring (bicyclic) bond motifs is 9. The topological polar surface area (TPSA) is 163 Å². The molecule has 3 aromatic carbocycles. The zero-order valence-electron chi connectivity index (χ0n) is 30.9. The van der Waals surface area contributed by atoms with Gasteiger partial charge in [-0.3, -0.25) is 19.9 Å². The Bertz CT molecular complexity index is 2200. The van der Waals surface area contributed by atoms with Crippen LogP contribution in [-0.2, 0) is 32.7 Å². The van der Waals surface area contributed by atoms with Gasteiger partial charge in [0, 0.05) is 53.6 Å². The Balaban J connectivity index is 1.34. The lowest BCUT2D eigenvalue weighted by atomic mass is 9.71. The molecule has 0 radical (unpaired) electrons. The zero-order valence-corrected chi connectivity index (χ0v) is 31.8. The molecule has 3 N–H and O–H groups in total. The van der Waals surface area contributed by atoms with E-state index >= 15 is 0 Å². The molecule has 7 aliphatic rings. The van der Waals surface area contributed by atoms with Crippen molar-refractivity contribution in [2.24, 2.45) is 0 Å². The number of nitriles is 1. The maximum atomic E-state index is 14.7. The summed E-state index contributed by atoms with van der Waals surface area (Å²) in [5.74, 6) is 1.11. The zero-order chi connectivity index (χ0) is 38.0. The largest absolute Gasteiger partial charge is 0.508 e. The Labute approximate surface area is 317 Å². The van der Waals surface area contributed by atoms with Gasteiger partial charge in [0.1, 0.15) is 24.1 Å². The van der Waals surface area contributed by atoms with Gasteiger partial charge in [0.2, 0.25) is 6.79 Å². The van der Waals surface area contributed by atoms with Gasteiger partial charge in [-0.15, -0.1) is 11.8 Å². The maximum absolute atomic E-state index is 14.7. The quantitative estimate of drug-likeness (QED) is 0.251. The number of benzene rings is 3. The van der Waals surface area contributed by atoms with Gasteiger partial charge in [-0.1, -0.05) is 6.07 Å². The van der Waals surface area contributed by atoms with Crippen molar-refractivity contribution in [2.45, 2.75) is 81.5 Å². The number of carbonyl (C=O) groups is 2. The third-order valence-corrected chi connectivity index (χ3v) is 13.9. The van der Waals surface area contributed by atoms with Crippen molar-refractivity contribution in [2.75, 3.05) is 39.9 Å². The fourth-order valence-electron chi connectivity index (χ4n) is 10.1. The van der Waals surface area contributed by atoms with Gasteiger partial charge >= 0.3 is 11.9 Å². The minimum Gasteiger partial charge on any atom is -0.508 e. The van der Waals surface area contributed by atoms with Crippen LogP contribution in [0, 0.1) is 32.1 Å². The number of hydrogen-bond acceptors (Lipinski definition) is 14. The molecule has 282 valence electrons. The molecule has 7 atom stereocenters. The van der Waals surface area contributed by atoms with Crippen LogP contribution in [-0.4, -0.2) is 89.9 Å². The van der Waals surface area contributed by atoms with Crippen LogP contribution >= 0.6 is 11.8 Å². The van der Waals surface area contributed by atoms with Gasteiger partial charge in [0.15, 0.2) is 28.5 Å². The van der Waals surface area contributed by atoms with Crippen molar-refractivity contribution in [3.8, 4) is 40.6 Å². The molecule has 13 nitrogen and oxygen atoms in total. The predicted octanol–water partition coefficient (Wildman–Crippen LogP) is 4.29. The second kappa shape index (κ2) is 12.4. The van der Waals surface area contributed by atoms with Crippen molar-refractivity contribution >= 4 is 23.7 Å². The first-order chi connectivity index (χ1) is 25.9. The number of nitrogens with one attached hydrogen (secondary N) is 1. The van der Waals surface area contributed by atoms with E-state index in [9.17, 15) is 25.1 Å². The number of phenols is 2. The SMILES string of the molecule is COc1c(C)cc2c(c1O)[C@@H]1[C@@H]3[C@@H]4SCC5(NCCc6cc(O)c(C)cc65)C(=O)OC[C@@H](c5c6c(c(C)c(OC(C)=O)c54)OCO6)N3[C@@H](C#N)C(C2)N1C. The van der Waals surface area contributed by atoms with E-state index in [4.69, 9.17) is 23.7 Å². The lowest BCUT2D eigenvalue weighted by Gasteiger charge is -2.62. The minimum atomic E-state index is -1.28. The normalized spacial score (nSPS) is 29.3. The number of thioether (sulfide) groups is 1. The standard InChI is InChI=1S/C40H42N4O9S/c1-17-10-23-21(12-27(17)46)7-8-42-40(23)15-54-38-30-29(37-36(51-16-52-37)19(3)35(30)53-20(4)45)26(14-50-39(40)48)44-25(13-41)24-11-22-9-18(2)34(49-6)33(47)28(22)31(32(38)44)43(24)5/h9-10,12,24-26,31-32,38,42,46-47H,7-8,11,14-16H2,1-6H3/t24?,25-,26-,31+,32+,38+,40?/m0/s1. The number of methoxy groups -OCH3 is 1. The molecule has 0 aromatic heterocycles. The van der Waals surface area contributed by atoms with Gasteiger partial charge in [0.25, 0.3) is 0 Å². The number of nitrogens with zero attached hydrogens (tertiary/aromatic N) is 3. The Kier molecular flexibility index (Phi) is 8.06. The molecule has 0 saturated carbocycles. The molecule has 7 heterocycles. The van der Waals surface area contributed by atoms with E-state index in [-0.39, 0.29) is 36.7 Å². The highest BCUT2D eigenvalue weighted by molar-refractivity contribution is 7.99. The van der Waals surface area contributed by atoms with Crippen LogP contribution in [0.5, 0.6) is 34.5 Å². The van der Waals surface area contributed by atoms with Gasteiger partial charge in [0.05, 0.1) is 30.5 Å². The summed E-state index contributed by atoms with van der Waals surface area (Å²) in [6.07, 6.45) is 1.11. The number of ether oxygens (including phenoxy) is 5. The molecule has 2 fully saturated rings. The lowest BCUT2D eigenvalue weighted by Crippen LogP contribution is -2.69. The highest BCUT2D eigenvalue weighted by Gasteiger charge is 2.61. The van der Waals surface area contributed by atoms with Crippen molar-refractivity contribution < 1.29 is 43.5 Å². The number of esters is 2. The summed E-state index contributed by atoms with van der Waals surface area (Å²) in [5.41, 5.74) is 5.40. The van der Waals surface area contributed by atoms with Crippen LogP contribution in [0.1, 0.15) is 74.3 Å². The third kappa shape index (κ3) is 4.68. The number of rotatable bonds is 2. The number of piperazine rings is 1. The number of likely N-dealkylation sites (N-methyl/N-ethyl adjacent to an activating group) is 1. The molecule has 10 rings (SSSR count). The molecule has 0 amide bonds. The molecule has 14 heteroatoms. The monoisotopic (exact) mass is 754 g/mol.